The molecule has 2 aromatic rings. The van der Waals surface area contributed by atoms with Crippen molar-refractivity contribution in [2.45, 2.75) is 51.3 Å². The number of halogens is 1. The summed E-state index contributed by atoms with van der Waals surface area (Å²) < 4.78 is 0.927. The number of hydrogen-bond acceptors (Lipinski definition) is 4. The fourth-order valence-electron chi connectivity index (χ4n) is 3.63. The van der Waals surface area contributed by atoms with E-state index in [-0.39, 0.29) is 23.5 Å². The van der Waals surface area contributed by atoms with E-state index >= 15 is 0 Å². The van der Waals surface area contributed by atoms with Crippen molar-refractivity contribution < 1.29 is 5.11 Å². The zero-order valence-electron chi connectivity index (χ0n) is 16.9. The van der Waals surface area contributed by atoms with Gasteiger partial charge >= 0.3 is 0 Å². The predicted molar refractivity (Wildman–Crippen MR) is 125 cm³/mol. The second kappa shape index (κ2) is 9.21. The average molecular weight is 463 g/mol. The predicted octanol–water partition coefficient (Wildman–Crippen LogP) is 4.75. The Morgan fingerprint density at radius 1 is 1.14 bits per heavy atom. The van der Waals surface area contributed by atoms with Crippen LogP contribution in [0.1, 0.15) is 37.5 Å². The molecule has 1 aliphatic rings. The van der Waals surface area contributed by atoms with Crippen LogP contribution < -0.4 is 11.1 Å². The van der Waals surface area contributed by atoms with Gasteiger partial charge in [-0.2, -0.15) is 11.8 Å². The molecule has 152 valence electrons. The number of rotatable bonds is 5. The fourth-order valence-corrected chi connectivity index (χ4v) is 5.38. The van der Waals surface area contributed by atoms with Crippen LogP contribution in [0, 0.1) is 5.92 Å². The van der Waals surface area contributed by atoms with Crippen LogP contribution in [0.4, 0.5) is 5.69 Å². The number of anilines is 1. The minimum Gasteiger partial charge on any atom is -0.398 e. The van der Waals surface area contributed by atoms with Gasteiger partial charge in [-0.05, 0) is 68.3 Å². The Labute approximate surface area is 181 Å². The van der Waals surface area contributed by atoms with Crippen molar-refractivity contribution >= 4 is 33.4 Å². The molecule has 0 bridgehead atoms. The Bertz CT molecular complexity index is 805. The van der Waals surface area contributed by atoms with E-state index in [2.05, 4.69) is 78.4 Å². The van der Waals surface area contributed by atoms with Gasteiger partial charge in [0.15, 0.2) is 0 Å². The Balaban J connectivity index is 1.61. The molecule has 3 nitrogen and oxygen atoms in total. The number of aliphatic hydroxyl groups is 1. The van der Waals surface area contributed by atoms with E-state index in [9.17, 15) is 5.11 Å². The zero-order chi connectivity index (χ0) is 20.3. The number of nitrogens with one attached hydrogen (secondary N) is 1. The van der Waals surface area contributed by atoms with Gasteiger partial charge in [-0.1, -0.05) is 51.1 Å². The van der Waals surface area contributed by atoms with Crippen molar-refractivity contribution in [3.05, 3.63) is 63.6 Å². The van der Waals surface area contributed by atoms with Crippen LogP contribution in [-0.2, 0) is 18.4 Å². The van der Waals surface area contributed by atoms with Crippen LogP contribution in [0.25, 0.3) is 0 Å². The Morgan fingerprint density at radius 2 is 1.93 bits per heavy atom. The lowest BCUT2D eigenvalue weighted by atomic mass is 9.86. The minimum absolute atomic E-state index is 0.110. The molecule has 0 unspecified atom stereocenters. The molecule has 0 aromatic heterocycles. The van der Waals surface area contributed by atoms with Crippen molar-refractivity contribution in [2.75, 3.05) is 17.2 Å². The zero-order valence-corrected chi connectivity index (χ0v) is 19.3. The highest BCUT2D eigenvalue weighted by atomic mass is 79.9. The summed E-state index contributed by atoms with van der Waals surface area (Å²) in [4.78, 5) is 0. The van der Waals surface area contributed by atoms with E-state index in [0.717, 1.165) is 34.6 Å². The topological polar surface area (TPSA) is 58.3 Å². The molecular weight excluding hydrogens is 432 g/mol. The lowest BCUT2D eigenvalue weighted by Gasteiger charge is -2.35. The van der Waals surface area contributed by atoms with Gasteiger partial charge in [-0.15, -0.1) is 0 Å². The molecule has 1 saturated heterocycles. The third-order valence-electron chi connectivity index (χ3n) is 5.45. The first kappa shape index (κ1) is 21.7. The molecule has 0 aliphatic carbocycles. The van der Waals surface area contributed by atoms with E-state index in [4.69, 9.17) is 5.73 Å². The molecular formula is C23H31BrN2OS. The van der Waals surface area contributed by atoms with Gasteiger partial charge in [0.2, 0.25) is 0 Å². The van der Waals surface area contributed by atoms with Gasteiger partial charge in [0.25, 0.3) is 0 Å². The summed E-state index contributed by atoms with van der Waals surface area (Å²) >= 11 is 5.43. The number of hydrogen-bond donors (Lipinski definition) is 3. The molecule has 0 saturated carbocycles. The molecule has 28 heavy (non-hydrogen) atoms. The summed E-state index contributed by atoms with van der Waals surface area (Å²) in [6, 6.07) is 14.9. The van der Waals surface area contributed by atoms with Crippen molar-refractivity contribution in [3.8, 4) is 0 Å². The molecule has 3 rings (SSSR count). The lowest BCUT2D eigenvalue weighted by molar-refractivity contribution is 0.0809. The van der Waals surface area contributed by atoms with Gasteiger partial charge < -0.3 is 16.2 Å². The number of nitrogen functional groups attached to an aromatic ring is 1. The number of benzene rings is 2. The van der Waals surface area contributed by atoms with E-state index in [1.807, 2.05) is 17.8 Å². The van der Waals surface area contributed by atoms with E-state index < -0.39 is 0 Å². The monoisotopic (exact) mass is 462 g/mol. The molecule has 0 amide bonds. The molecule has 0 radical (unpaired) electrons. The maximum absolute atomic E-state index is 11.0. The summed E-state index contributed by atoms with van der Waals surface area (Å²) in [7, 11) is 0. The molecule has 1 aliphatic heterocycles. The van der Waals surface area contributed by atoms with Crippen LogP contribution in [0.5, 0.6) is 0 Å². The maximum atomic E-state index is 11.0. The SMILES string of the molecule is CC(C)(C)c1cccc(CN[C@H]2CSC[C@@H](Cc3ccc(N)c(Br)c3)[C@@H]2O)c1. The highest BCUT2D eigenvalue weighted by molar-refractivity contribution is 9.10. The summed E-state index contributed by atoms with van der Waals surface area (Å²) in [5.74, 6) is 2.18. The molecule has 1 fully saturated rings. The number of aliphatic hydroxyl groups excluding tert-OH is 1. The fraction of sp³-hybridized carbons (Fsp3) is 0.478. The number of nitrogens with two attached hydrogens (primary N) is 1. The smallest absolute Gasteiger partial charge is 0.0740 e. The highest BCUT2D eigenvalue weighted by Crippen LogP contribution is 2.29. The second-order valence-electron chi connectivity index (χ2n) is 8.79. The van der Waals surface area contributed by atoms with Gasteiger partial charge in [-0.3, -0.25) is 0 Å². The Morgan fingerprint density at radius 3 is 2.64 bits per heavy atom. The van der Waals surface area contributed by atoms with Crippen molar-refractivity contribution in [2.24, 2.45) is 5.92 Å². The molecule has 2 aromatic carbocycles. The molecule has 3 atom stereocenters. The van der Waals surface area contributed by atoms with E-state index in [0.29, 0.717) is 0 Å². The first-order chi connectivity index (χ1) is 13.2. The Kier molecular flexibility index (Phi) is 7.13. The summed E-state index contributed by atoms with van der Waals surface area (Å²) in [5, 5.41) is 14.6. The van der Waals surface area contributed by atoms with Gasteiger partial charge in [-0.25, -0.2) is 0 Å². The normalized spacial score (nSPS) is 23.0. The van der Waals surface area contributed by atoms with Gasteiger partial charge in [0.05, 0.1) is 6.10 Å². The molecule has 0 spiro atoms. The lowest BCUT2D eigenvalue weighted by Crippen LogP contribution is -2.49. The quantitative estimate of drug-likeness (QED) is 0.560. The maximum Gasteiger partial charge on any atom is 0.0740 e. The molecule has 4 N–H and O–H groups in total. The number of thioether (sulfide) groups is 1. The van der Waals surface area contributed by atoms with Crippen molar-refractivity contribution in [1.29, 1.82) is 0 Å². The van der Waals surface area contributed by atoms with Crippen molar-refractivity contribution in [3.63, 3.8) is 0 Å². The average Bonchev–Trinajstić information content (AvgIpc) is 2.65. The second-order valence-corrected chi connectivity index (χ2v) is 10.7. The molecule has 1 heterocycles. The molecule has 5 heteroatoms. The van der Waals surface area contributed by atoms with Gasteiger partial charge in [0.1, 0.15) is 0 Å². The largest absolute Gasteiger partial charge is 0.398 e. The Hall–Kier alpha value is -1.01. The van der Waals surface area contributed by atoms with Crippen LogP contribution in [-0.4, -0.2) is 28.8 Å². The third-order valence-corrected chi connectivity index (χ3v) is 7.39. The minimum atomic E-state index is -0.344. The van der Waals surface area contributed by atoms with Crippen LogP contribution >= 0.6 is 27.7 Å². The van der Waals surface area contributed by atoms with Crippen LogP contribution in [0.2, 0.25) is 0 Å². The highest BCUT2D eigenvalue weighted by Gasteiger charge is 2.32. The van der Waals surface area contributed by atoms with Crippen LogP contribution in [0.15, 0.2) is 46.9 Å². The van der Waals surface area contributed by atoms with E-state index in [1.165, 1.54) is 16.7 Å². The van der Waals surface area contributed by atoms with Crippen molar-refractivity contribution in [1.82, 2.24) is 5.32 Å². The van der Waals surface area contributed by atoms with Crippen LogP contribution in [0.3, 0.4) is 0 Å². The summed E-state index contributed by atoms with van der Waals surface area (Å²) in [5.41, 5.74) is 10.6. The third kappa shape index (κ3) is 5.53. The first-order valence-corrected chi connectivity index (χ1v) is 11.8. The standard InChI is InChI=1S/C23H31BrN2OS/c1-23(2,3)18-6-4-5-16(10-18)12-26-21-14-28-13-17(22(21)27)9-15-7-8-20(25)19(24)11-15/h4-8,10-11,17,21-22,26-27H,9,12-14,25H2,1-3H3/t17-,21+,22+/m1/s1. The summed E-state index contributed by atoms with van der Waals surface area (Å²) in [6.07, 6.45) is 0.522. The van der Waals surface area contributed by atoms with E-state index in [1.54, 1.807) is 0 Å². The van der Waals surface area contributed by atoms with Gasteiger partial charge in [0, 0.05) is 28.5 Å². The summed E-state index contributed by atoms with van der Waals surface area (Å²) in [6.45, 7) is 7.50. The first-order valence-electron chi connectivity index (χ1n) is 9.86.